The molecule has 0 saturated heterocycles. The van der Waals surface area contributed by atoms with Gasteiger partial charge in [-0.15, -0.1) is 0 Å². The number of nitrogens with one attached hydrogen (secondary N) is 2. The molecular weight excluding hydrogens is 274 g/mol. The number of amides is 3. The van der Waals surface area contributed by atoms with Crippen LogP contribution in [0.4, 0.5) is 10.5 Å². The van der Waals surface area contributed by atoms with Crippen LogP contribution in [0.3, 0.4) is 0 Å². The van der Waals surface area contributed by atoms with Crippen molar-refractivity contribution < 1.29 is 19.5 Å². The second kappa shape index (κ2) is 7.88. The fraction of sp³-hybridized carbons (Fsp3) is 0.357. The molecule has 1 rings (SSSR count). The highest BCUT2D eigenvalue weighted by molar-refractivity contribution is 5.94. The lowest BCUT2D eigenvalue weighted by Gasteiger charge is -2.15. The maximum absolute atomic E-state index is 11.8. The van der Waals surface area contributed by atoms with E-state index in [1.54, 1.807) is 12.1 Å². The number of nitrogens with two attached hydrogens (primary N) is 1. The van der Waals surface area contributed by atoms with Gasteiger partial charge in [-0.3, -0.25) is 4.79 Å². The van der Waals surface area contributed by atoms with E-state index in [2.05, 4.69) is 10.6 Å². The van der Waals surface area contributed by atoms with Crippen molar-refractivity contribution >= 4 is 23.6 Å². The molecule has 3 amide bonds. The van der Waals surface area contributed by atoms with E-state index in [0.29, 0.717) is 5.69 Å². The molecular formula is C14H19N3O4. The Morgan fingerprint density at radius 1 is 1.29 bits per heavy atom. The van der Waals surface area contributed by atoms with Crippen molar-refractivity contribution in [2.45, 2.75) is 32.2 Å². The summed E-state index contributed by atoms with van der Waals surface area (Å²) >= 11 is 0. The minimum atomic E-state index is -1.35. The van der Waals surface area contributed by atoms with Gasteiger partial charge in [0, 0.05) is 5.69 Å². The zero-order valence-corrected chi connectivity index (χ0v) is 11.8. The van der Waals surface area contributed by atoms with Crippen LogP contribution in [0.1, 0.15) is 25.3 Å². The highest BCUT2D eigenvalue weighted by Crippen LogP contribution is 2.16. The Balaban J connectivity index is 2.72. The number of carbonyl (C=O) groups excluding carboxylic acids is 2. The van der Waals surface area contributed by atoms with Crippen LogP contribution in [0.25, 0.3) is 0 Å². The minimum absolute atomic E-state index is 0.459. The third kappa shape index (κ3) is 5.52. The highest BCUT2D eigenvalue weighted by Gasteiger charge is 2.22. The average molecular weight is 293 g/mol. The zero-order valence-electron chi connectivity index (χ0n) is 11.8. The number of primary amides is 1. The Hall–Kier alpha value is -2.57. The molecule has 0 aliphatic carbocycles. The third-order valence-electron chi connectivity index (χ3n) is 2.79. The van der Waals surface area contributed by atoms with Gasteiger partial charge in [-0.25, -0.2) is 9.59 Å². The number of hydrogen-bond donors (Lipinski definition) is 4. The molecule has 0 bridgehead atoms. The summed E-state index contributed by atoms with van der Waals surface area (Å²) in [5.41, 5.74) is 6.52. The smallest absolute Gasteiger partial charge is 0.326 e. The molecule has 1 aromatic rings. The second-order valence-corrected chi connectivity index (χ2v) is 4.57. The normalized spacial score (nSPS) is 11.5. The van der Waals surface area contributed by atoms with Gasteiger partial charge in [0.2, 0.25) is 5.91 Å². The molecule has 5 N–H and O–H groups in total. The van der Waals surface area contributed by atoms with Gasteiger partial charge in [-0.05, 0) is 18.1 Å². The summed E-state index contributed by atoms with van der Waals surface area (Å²) in [5.74, 6) is -2.11. The summed E-state index contributed by atoms with van der Waals surface area (Å²) in [6.45, 7) is 2.02. The van der Waals surface area contributed by atoms with Crippen LogP contribution in [-0.2, 0) is 16.0 Å². The number of carboxylic acids is 1. The first kappa shape index (κ1) is 16.5. The van der Waals surface area contributed by atoms with Crippen LogP contribution in [0, 0.1) is 0 Å². The molecule has 0 radical (unpaired) electrons. The fourth-order valence-electron chi connectivity index (χ4n) is 1.85. The highest BCUT2D eigenvalue weighted by atomic mass is 16.4. The standard InChI is InChI=1S/C14H19N3O4/c1-2-5-9-6-3-4-7-10(9)16-14(21)17-11(13(19)20)8-12(15)18/h3-4,6-7,11H,2,5,8H2,1H3,(H2,15,18)(H,19,20)(H2,16,17,21). The quantitative estimate of drug-likeness (QED) is 0.601. The first-order chi connectivity index (χ1) is 9.93. The molecule has 7 nitrogen and oxygen atoms in total. The van der Waals surface area contributed by atoms with Crippen molar-refractivity contribution in [1.29, 1.82) is 0 Å². The molecule has 21 heavy (non-hydrogen) atoms. The molecule has 1 atom stereocenters. The molecule has 7 heteroatoms. The van der Waals surface area contributed by atoms with E-state index in [0.717, 1.165) is 18.4 Å². The van der Waals surface area contributed by atoms with Crippen LogP contribution in [0.5, 0.6) is 0 Å². The Kier molecular flexibility index (Phi) is 6.19. The number of aliphatic carboxylic acids is 1. The summed E-state index contributed by atoms with van der Waals surface area (Å²) in [7, 11) is 0. The summed E-state index contributed by atoms with van der Waals surface area (Å²) in [6.07, 6.45) is 1.25. The van der Waals surface area contributed by atoms with Crippen LogP contribution in [-0.4, -0.2) is 29.1 Å². The predicted octanol–water partition coefficient (Wildman–Crippen LogP) is 1.09. The number of urea groups is 1. The van der Waals surface area contributed by atoms with E-state index < -0.39 is 30.4 Å². The van der Waals surface area contributed by atoms with E-state index in [1.807, 2.05) is 19.1 Å². The Morgan fingerprint density at radius 2 is 1.95 bits per heavy atom. The lowest BCUT2D eigenvalue weighted by atomic mass is 10.1. The molecule has 1 aromatic carbocycles. The van der Waals surface area contributed by atoms with Crippen LogP contribution >= 0.6 is 0 Å². The maximum atomic E-state index is 11.8. The van der Waals surface area contributed by atoms with Crippen LogP contribution < -0.4 is 16.4 Å². The molecule has 0 aromatic heterocycles. The van der Waals surface area contributed by atoms with Crippen molar-refractivity contribution in [3.05, 3.63) is 29.8 Å². The zero-order chi connectivity index (χ0) is 15.8. The van der Waals surface area contributed by atoms with Crippen molar-refractivity contribution in [2.75, 3.05) is 5.32 Å². The van der Waals surface area contributed by atoms with Crippen molar-refractivity contribution in [3.63, 3.8) is 0 Å². The van der Waals surface area contributed by atoms with E-state index in [4.69, 9.17) is 10.8 Å². The third-order valence-corrected chi connectivity index (χ3v) is 2.79. The van der Waals surface area contributed by atoms with E-state index >= 15 is 0 Å². The summed E-state index contributed by atoms with van der Waals surface area (Å²) in [6, 6.07) is 5.22. The Bertz CT molecular complexity index is 531. The molecule has 0 fully saturated rings. The van der Waals surface area contributed by atoms with Gasteiger partial charge in [0.05, 0.1) is 6.42 Å². The molecule has 0 aliphatic rings. The van der Waals surface area contributed by atoms with Gasteiger partial charge < -0.3 is 21.5 Å². The average Bonchev–Trinajstić information content (AvgIpc) is 2.40. The van der Waals surface area contributed by atoms with E-state index in [1.165, 1.54) is 0 Å². The van der Waals surface area contributed by atoms with Gasteiger partial charge in [0.25, 0.3) is 0 Å². The summed E-state index contributed by atoms with van der Waals surface area (Å²) in [4.78, 5) is 33.6. The summed E-state index contributed by atoms with van der Waals surface area (Å²) in [5, 5.41) is 13.7. The minimum Gasteiger partial charge on any atom is -0.480 e. The van der Waals surface area contributed by atoms with Gasteiger partial charge in [0.15, 0.2) is 0 Å². The first-order valence-corrected chi connectivity index (χ1v) is 6.60. The Labute approximate surface area is 122 Å². The van der Waals surface area contributed by atoms with Crippen molar-refractivity contribution in [1.82, 2.24) is 5.32 Å². The molecule has 1 unspecified atom stereocenters. The maximum Gasteiger partial charge on any atom is 0.326 e. The fourth-order valence-corrected chi connectivity index (χ4v) is 1.85. The second-order valence-electron chi connectivity index (χ2n) is 4.57. The topological polar surface area (TPSA) is 122 Å². The monoisotopic (exact) mass is 293 g/mol. The number of carboxylic acid groups (broad SMARTS) is 1. The number of rotatable bonds is 7. The lowest BCUT2D eigenvalue weighted by molar-refractivity contribution is -0.140. The molecule has 114 valence electrons. The predicted molar refractivity (Wildman–Crippen MR) is 77.8 cm³/mol. The Morgan fingerprint density at radius 3 is 2.52 bits per heavy atom. The van der Waals surface area contributed by atoms with Gasteiger partial charge >= 0.3 is 12.0 Å². The number of benzene rings is 1. The molecule has 0 aliphatic heterocycles. The number of aryl methyl sites for hydroxylation is 1. The molecule has 0 spiro atoms. The lowest BCUT2D eigenvalue weighted by Crippen LogP contribution is -2.45. The number of para-hydroxylation sites is 1. The number of carbonyl (C=O) groups is 3. The van der Waals surface area contributed by atoms with E-state index in [9.17, 15) is 14.4 Å². The van der Waals surface area contributed by atoms with Gasteiger partial charge in [0.1, 0.15) is 6.04 Å². The van der Waals surface area contributed by atoms with Gasteiger partial charge in [-0.2, -0.15) is 0 Å². The van der Waals surface area contributed by atoms with E-state index in [-0.39, 0.29) is 0 Å². The van der Waals surface area contributed by atoms with Crippen LogP contribution in [0.2, 0.25) is 0 Å². The molecule has 0 saturated carbocycles. The van der Waals surface area contributed by atoms with Crippen molar-refractivity contribution in [2.24, 2.45) is 5.73 Å². The molecule has 0 heterocycles. The van der Waals surface area contributed by atoms with Crippen molar-refractivity contribution in [3.8, 4) is 0 Å². The SMILES string of the molecule is CCCc1ccccc1NC(=O)NC(CC(N)=O)C(=O)O. The first-order valence-electron chi connectivity index (χ1n) is 6.60. The largest absolute Gasteiger partial charge is 0.480 e. The van der Waals surface area contributed by atoms with Gasteiger partial charge in [-0.1, -0.05) is 31.5 Å². The number of anilines is 1. The number of hydrogen-bond acceptors (Lipinski definition) is 3. The van der Waals surface area contributed by atoms with Crippen LogP contribution in [0.15, 0.2) is 24.3 Å². The summed E-state index contributed by atoms with van der Waals surface area (Å²) < 4.78 is 0.